The summed E-state index contributed by atoms with van der Waals surface area (Å²) in [6.07, 6.45) is 7.37. The highest BCUT2D eigenvalue weighted by Gasteiger charge is 2.30. The number of hydrogen-bond donors (Lipinski definition) is 3. The highest BCUT2D eigenvalue weighted by molar-refractivity contribution is 7.09. The van der Waals surface area contributed by atoms with Crippen molar-refractivity contribution in [2.75, 3.05) is 18.4 Å². The molecule has 0 unspecified atom stereocenters. The normalized spacial score (nSPS) is 17.6. The average Bonchev–Trinajstić information content (AvgIpc) is 3.34. The van der Waals surface area contributed by atoms with Gasteiger partial charge in [-0.25, -0.2) is 15.2 Å². The number of amides is 4. The fraction of sp³-hybridized carbons (Fsp3) is 0.478. The number of benzene rings is 1. The zero-order valence-corrected chi connectivity index (χ0v) is 18.8. The molecule has 3 N–H and O–H groups in total. The largest absolute Gasteiger partial charge is 0.342 e. The van der Waals surface area contributed by atoms with Crippen LogP contribution < -0.4 is 16.2 Å². The maximum Gasteiger partial charge on any atom is 0.337 e. The van der Waals surface area contributed by atoms with Gasteiger partial charge in [0, 0.05) is 36.0 Å². The predicted molar refractivity (Wildman–Crippen MR) is 123 cm³/mol. The second-order valence-corrected chi connectivity index (χ2v) is 9.29. The van der Waals surface area contributed by atoms with Crippen LogP contribution in [-0.2, 0) is 4.79 Å². The van der Waals surface area contributed by atoms with Gasteiger partial charge in [0.2, 0.25) is 5.91 Å². The molecule has 1 aromatic heterocycles. The summed E-state index contributed by atoms with van der Waals surface area (Å²) in [5, 5.41) is 5.25. The molecule has 8 nitrogen and oxygen atoms in total. The first-order valence-corrected chi connectivity index (χ1v) is 12.1. The van der Waals surface area contributed by atoms with Crippen molar-refractivity contribution in [1.82, 2.24) is 20.7 Å². The third-order valence-corrected chi connectivity index (χ3v) is 7.19. The predicted octanol–water partition coefficient (Wildman–Crippen LogP) is 3.90. The van der Waals surface area contributed by atoms with Crippen molar-refractivity contribution in [3.63, 3.8) is 0 Å². The molecule has 1 saturated carbocycles. The molecule has 4 amide bonds. The van der Waals surface area contributed by atoms with Crippen LogP contribution >= 0.6 is 11.3 Å². The summed E-state index contributed by atoms with van der Waals surface area (Å²) in [4.78, 5) is 43.5. The number of urea groups is 1. The molecule has 1 aliphatic carbocycles. The first-order valence-electron chi connectivity index (χ1n) is 11.3. The van der Waals surface area contributed by atoms with Crippen molar-refractivity contribution < 1.29 is 14.4 Å². The highest BCUT2D eigenvalue weighted by atomic mass is 32.1. The molecular weight excluding hydrogens is 426 g/mol. The van der Waals surface area contributed by atoms with E-state index < -0.39 is 11.9 Å². The second-order valence-electron chi connectivity index (χ2n) is 8.40. The third-order valence-electron chi connectivity index (χ3n) is 6.19. The van der Waals surface area contributed by atoms with Gasteiger partial charge in [0.05, 0.1) is 5.01 Å². The smallest absolute Gasteiger partial charge is 0.337 e. The Labute approximate surface area is 191 Å². The fourth-order valence-corrected chi connectivity index (χ4v) is 5.37. The lowest BCUT2D eigenvalue weighted by Crippen LogP contribution is -2.44. The van der Waals surface area contributed by atoms with E-state index in [1.165, 1.54) is 30.6 Å². The number of rotatable bonds is 4. The quantitative estimate of drug-likeness (QED) is 0.609. The van der Waals surface area contributed by atoms with Gasteiger partial charge >= 0.3 is 6.03 Å². The number of likely N-dealkylation sites (tertiary alicyclic amines) is 1. The monoisotopic (exact) mass is 455 g/mol. The Morgan fingerprint density at radius 3 is 2.38 bits per heavy atom. The van der Waals surface area contributed by atoms with Gasteiger partial charge in [-0.2, -0.15) is 0 Å². The molecule has 0 atom stereocenters. The van der Waals surface area contributed by atoms with Gasteiger partial charge in [0.1, 0.15) is 5.69 Å². The van der Waals surface area contributed by atoms with E-state index in [1.54, 1.807) is 29.6 Å². The van der Waals surface area contributed by atoms with Gasteiger partial charge in [-0.15, -0.1) is 11.3 Å². The number of nitrogens with zero attached hydrogens (tertiary/aromatic N) is 2. The van der Waals surface area contributed by atoms with Crippen LogP contribution in [-0.4, -0.2) is 40.8 Å². The first kappa shape index (κ1) is 22.3. The molecule has 32 heavy (non-hydrogen) atoms. The molecule has 170 valence electrons. The summed E-state index contributed by atoms with van der Waals surface area (Å²) in [6, 6.07) is 8.44. The number of carbonyl (C=O) groups excluding carboxylic acids is 3. The minimum Gasteiger partial charge on any atom is -0.342 e. The van der Waals surface area contributed by atoms with Crippen LogP contribution in [0.1, 0.15) is 66.4 Å². The Morgan fingerprint density at radius 2 is 1.66 bits per heavy atom. The van der Waals surface area contributed by atoms with Gasteiger partial charge in [-0.3, -0.25) is 15.0 Å². The van der Waals surface area contributed by atoms with Gasteiger partial charge in [-0.1, -0.05) is 37.5 Å². The number of anilines is 1. The van der Waals surface area contributed by atoms with Crippen LogP contribution in [0.2, 0.25) is 0 Å². The number of thiazole rings is 1. The summed E-state index contributed by atoms with van der Waals surface area (Å²) in [6.45, 7) is 1.50. The molecule has 2 aliphatic rings. The number of hydrazine groups is 1. The van der Waals surface area contributed by atoms with Crippen molar-refractivity contribution in [2.24, 2.45) is 5.92 Å². The standard InChI is InChI=1S/C23H29N5O3S/c29-20(26-27-23(31)24-18-9-5-2-6-10-18)19-15-32-21(25-19)16-11-13-28(14-12-16)22(30)17-7-3-1-4-8-17/h2,5-6,9-10,15-17H,1,3-4,7-8,11-14H2,(H,26,29)(H2,24,27,31). The molecule has 9 heteroatoms. The van der Waals surface area contributed by atoms with Gasteiger partial charge in [0.15, 0.2) is 0 Å². The molecule has 0 spiro atoms. The Morgan fingerprint density at radius 1 is 0.938 bits per heavy atom. The SMILES string of the molecule is O=C(NNC(=O)c1csc(C2CCN(C(=O)C3CCCCC3)CC2)n1)Nc1ccccc1. The molecule has 2 aromatic rings. The Bertz CT molecular complexity index is 934. The summed E-state index contributed by atoms with van der Waals surface area (Å²) < 4.78 is 0. The zero-order chi connectivity index (χ0) is 22.3. The van der Waals surface area contributed by atoms with E-state index in [0.29, 0.717) is 11.6 Å². The van der Waals surface area contributed by atoms with Crippen molar-refractivity contribution in [1.29, 1.82) is 0 Å². The maximum atomic E-state index is 12.8. The van der Waals surface area contributed by atoms with E-state index in [0.717, 1.165) is 43.8 Å². The Kier molecular flexibility index (Phi) is 7.36. The molecule has 2 heterocycles. The van der Waals surface area contributed by atoms with Crippen LogP contribution in [0.5, 0.6) is 0 Å². The van der Waals surface area contributed by atoms with Crippen molar-refractivity contribution in [2.45, 2.75) is 50.9 Å². The minimum absolute atomic E-state index is 0.210. The molecule has 0 radical (unpaired) electrons. The molecule has 1 aromatic carbocycles. The molecule has 4 rings (SSSR count). The number of aromatic nitrogens is 1. The number of carbonyl (C=O) groups is 3. The summed E-state index contributed by atoms with van der Waals surface area (Å²) in [7, 11) is 0. The van der Waals surface area contributed by atoms with Crippen LogP contribution in [0.25, 0.3) is 0 Å². The average molecular weight is 456 g/mol. The van der Waals surface area contributed by atoms with E-state index in [2.05, 4.69) is 21.2 Å². The van der Waals surface area contributed by atoms with Gasteiger partial charge < -0.3 is 10.2 Å². The van der Waals surface area contributed by atoms with E-state index in [-0.39, 0.29) is 17.5 Å². The molecule has 1 aliphatic heterocycles. The molecular formula is C23H29N5O3S. The van der Waals surface area contributed by atoms with Crippen molar-refractivity contribution >= 4 is 34.9 Å². The van der Waals surface area contributed by atoms with Crippen LogP contribution in [0.4, 0.5) is 10.5 Å². The number of nitrogens with one attached hydrogen (secondary N) is 3. The fourth-order valence-electron chi connectivity index (χ4n) is 4.40. The van der Waals surface area contributed by atoms with E-state index in [4.69, 9.17) is 0 Å². The van der Waals surface area contributed by atoms with E-state index >= 15 is 0 Å². The Hall–Kier alpha value is -2.94. The summed E-state index contributed by atoms with van der Waals surface area (Å²) >= 11 is 1.46. The number of hydrogen-bond acceptors (Lipinski definition) is 5. The number of para-hydroxylation sites is 1. The minimum atomic E-state index is -0.532. The number of piperidine rings is 1. The van der Waals surface area contributed by atoms with Crippen LogP contribution in [0.3, 0.4) is 0 Å². The van der Waals surface area contributed by atoms with Crippen molar-refractivity contribution in [3.8, 4) is 0 Å². The van der Waals surface area contributed by atoms with Crippen LogP contribution in [0.15, 0.2) is 35.7 Å². The lowest BCUT2D eigenvalue weighted by molar-refractivity contribution is -0.137. The van der Waals surface area contributed by atoms with Gasteiger partial charge in [-0.05, 0) is 37.8 Å². The highest BCUT2D eigenvalue weighted by Crippen LogP contribution is 2.32. The lowest BCUT2D eigenvalue weighted by atomic mass is 9.87. The third kappa shape index (κ3) is 5.64. The molecule has 2 fully saturated rings. The van der Waals surface area contributed by atoms with E-state index in [9.17, 15) is 14.4 Å². The summed E-state index contributed by atoms with van der Waals surface area (Å²) in [5.41, 5.74) is 5.63. The maximum absolute atomic E-state index is 12.8. The van der Waals surface area contributed by atoms with E-state index in [1.807, 2.05) is 11.0 Å². The molecule has 1 saturated heterocycles. The molecule has 0 bridgehead atoms. The Balaban J connectivity index is 1.23. The topological polar surface area (TPSA) is 103 Å². The summed E-state index contributed by atoms with van der Waals surface area (Å²) in [5.74, 6) is 0.330. The van der Waals surface area contributed by atoms with Crippen LogP contribution in [0, 0.1) is 5.92 Å². The lowest BCUT2D eigenvalue weighted by Gasteiger charge is -2.34. The first-order chi connectivity index (χ1) is 15.6. The van der Waals surface area contributed by atoms with Crippen molar-refractivity contribution in [3.05, 3.63) is 46.4 Å². The van der Waals surface area contributed by atoms with Gasteiger partial charge in [0.25, 0.3) is 5.91 Å². The zero-order valence-electron chi connectivity index (χ0n) is 18.0. The second kappa shape index (κ2) is 10.6.